The van der Waals surface area contributed by atoms with E-state index in [9.17, 15) is 19.2 Å². The third-order valence-corrected chi connectivity index (χ3v) is 8.33. The second kappa shape index (κ2) is 11.6. The van der Waals surface area contributed by atoms with Crippen molar-refractivity contribution in [1.82, 2.24) is 15.1 Å². The normalized spacial score (nSPS) is 22.6. The Morgan fingerprint density at radius 2 is 1.77 bits per heavy atom. The van der Waals surface area contributed by atoms with Crippen LogP contribution in [0.3, 0.4) is 0 Å². The number of ether oxygens (including phenoxy) is 1. The number of hydrogen-bond acceptors (Lipinski definition) is 5. The Morgan fingerprint density at radius 3 is 2.36 bits per heavy atom. The molecule has 39 heavy (non-hydrogen) atoms. The summed E-state index contributed by atoms with van der Waals surface area (Å²) < 4.78 is 5.38. The van der Waals surface area contributed by atoms with Crippen LogP contribution in [0.15, 0.2) is 18.2 Å². The molecule has 1 aromatic rings. The van der Waals surface area contributed by atoms with Gasteiger partial charge in [-0.25, -0.2) is 4.79 Å². The van der Waals surface area contributed by atoms with Crippen LogP contribution in [0, 0.1) is 5.92 Å². The number of aryl methyl sites for hydroxylation is 1. The zero-order chi connectivity index (χ0) is 29.3. The summed E-state index contributed by atoms with van der Waals surface area (Å²) in [5.74, 6) is -1.88. The number of carbonyl (C=O) groups excluding carboxylic acids is 4. The molecular formula is C30H46N4O5. The fourth-order valence-electron chi connectivity index (χ4n) is 5.82. The van der Waals surface area contributed by atoms with Gasteiger partial charge in [0.25, 0.3) is 0 Å². The van der Waals surface area contributed by atoms with Gasteiger partial charge in [-0.15, -0.1) is 0 Å². The number of benzene rings is 1. The summed E-state index contributed by atoms with van der Waals surface area (Å²) in [5, 5.41) is 2.84. The Balaban J connectivity index is 1.85. The summed E-state index contributed by atoms with van der Waals surface area (Å²) in [5.41, 5.74) is 7.78. The van der Waals surface area contributed by atoms with Crippen molar-refractivity contribution in [1.29, 1.82) is 0 Å². The summed E-state index contributed by atoms with van der Waals surface area (Å²) in [4.78, 5) is 55.6. The van der Waals surface area contributed by atoms with E-state index >= 15 is 0 Å². The van der Waals surface area contributed by atoms with Crippen LogP contribution >= 0.6 is 0 Å². The molecule has 1 aliphatic carbocycles. The zero-order valence-electron chi connectivity index (χ0n) is 24.8. The molecule has 1 heterocycles. The van der Waals surface area contributed by atoms with E-state index in [1.54, 1.807) is 39.5 Å². The number of likely N-dealkylation sites (tertiary alicyclic amines) is 1. The number of nitrogens with two attached hydrogens (primary N) is 1. The molecule has 2 aliphatic rings. The Labute approximate surface area is 232 Å². The van der Waals surface area contributed by atoms with Crippen molar-refractivity contribution in [2.75, 3.05) is 13.6 Å². The lowest BCUT2D eigenvalue weighted by molar-refractivity contribution is -0.147. The summed E-state index contributed by atoms with van der Waals surface area (Å²) in [6, 6.07) is 4.48. The molecule has 9 nitrogen and oxygen atoms in total. The first-order chi connectivity index (χ1) is 18.1. The molecule has 0 radical (unpaired) electrons. The molecule has 0 saturated carbocycles. The molecule has 1 aromatic carbocycles. The van der Waals surface area contributed by atoms with Gasteiger partial charge >= 0.3 is 6.09 Å². The van der Waals surface area contributed by atoms with E-state index in [4.69, 9.17) is 10.5 Å². The quantitative estimate of drug-likeness (QED) is 0.546. The second-order valence-electron chi connectivity index (χ2n) is 12.5. The highest BCUT2D eigenvalue weighted by atomic mass is 16.6. The van der Waals surface area contributed by atoms with Gasteiger partial charge in [0, 0.05) is 19.5 Å². The maximum absolute atomic E-state index is 14.0. The van der Waals surface area contributed by atoms with Crippen LogP contribution < -0.4 is 11.1 Å². The predicted octanol–water partition coefficient (Wildman–Crippen LogP) is 3.52. The largest absolute Gasteiger partial charge is 0.444 e. The SMILES string of the molecule is CC(C)[C@H](NC(=O)[C@H](C)N(C)C(=O)OC(C)(C)C)C(=O)N1CCC(c2cccc3c2CCCC3)C1(C)C(N)=O. The first-order valence-electron chi connectivity index (χ1n) is 14.1. The Bertz CT molecular complexity index is 1110. The summed E-state index contributed by atoms with van der Waals surface area (Å²) in [6.07, 6.45) is 4.20. The van der Waals surface area contributed by atoms with E-state index in [1.165, 1.54) is 23.1 Å². The Hall–Kier alpha value is -3.10. The van der Waals surface area contributed by atoms with E-state index in [2.05, 4.69) is 17.4 Å². The van der Waals surface area contributed by atoms with E-state index in [0.717, 1.165) is 31.2 Å². The average molecular weight is 543 g/mol. The molecule has 2 unspecified atom stereocenters. The number of nitrogens with one attached hydrogen (secondary N) is 1. The lowest BCUT2D eigenvalue weighted by Crippen LogP contribution is -2.62. The fraction of sp³-hybridized carbons (Fsp3) is 0.667. The molecule has 9 heteroatoms. The van der Waals surface area contributed by atoms with Crippen LogP contribution in [0.2, 0.25) is 0 Å². The standard InChI is InChI=1S/C30H46N4O5/c1-18(2)24(32-25(35)19(3)33(8)28(38)39-29(4,5)6)26(36)34-17-16-23(30(34,7)27(31)37)22-15-11-13-20-12-9-10-14-21(20)22/h11,13,15,18-19,23-24H,9-10,12,14,16-17H2,1-8H3,(H2,31,37)(H,32,35)/t19-,23?,24-,30?/m0/s1. The van der Waals surface area contributed by atoms with Gasteiger partial charge in [-0.05, 0) is 89.3 Å². The Morgan fingerprint density at radius 1 is 1.13 bits per heavy atom. The van der Waals surface area contributed by atoms with E-state index in [1.807, 2.05) is 19.9 Å². The molecule has 3 rings (SSSR count). The number of hydrogen-bond donors (Lipinski definition) is 2. The number of likely N-dealkylation sites (N-methyl/N-ethyl adjacent to an activating group) is 1. The van der Waals surface area contributed by atoms with Gasteiger partial charge in [0.2, 0.25) is 17.7 Å². The van der Waals surface area contributed by atoms with Gasteiger partial charge in [0.05, 0.1) is 0 Å². The zero-order valence-corrected chi connectivity index (χ0v) is 24.8. The Kier molecular flexibility index (Phi) is 9.02. The maximum atomic E-state index is 14.0. The number of rotatable bonds is 7. The summed E-state index contributed by atoms with van der Waals surface area (Å²) in [7, 11) is 1.49. The molecule has 1 saturated heterocycles. The minimum atomic E-state index is -1.24. The van der Waals surface area contributed by atoms with E-state index < -0.39 is 41.1 Å². The summed E-state index contributed by atoms with van der Waals surface area (Å²) >= 11 is 0. The number of primary amides is 1. The maximum Gasteiger partial charge on any atom is 0.410 e. The molecule has 4 atom stereocenters. The first kappa shape index (κ1) is 30.4. The van der Waals surface area contributed by atoms with Gasteiger partial charge in [0.15, 0.2) is 0 Å². The van der Waals surface area contributed by atoms with Crippen LogP contribution in [0.25, 0.3) is 0 Å². The van der Waals surface area contributed by atoms with Crippen molar-refractivity contribution in [2.24, 2.45) is 11.7 Å². The molecule has 1 aliphatic heterocycles. The number of nitrogens with zero attached hydrogens (tertiary/aromatic N) is 2. The topological polar surface area (TPSA) is 122 Å². The smallest absolute Gasteiger partial charge is 0.410 e. The van der Waals surface area contributed by atoms with Crippen LogP contribution in [0.1, 0.15) is 90.3 Å². The van der Waals surface area contributed by atoms with E-state index in [-0.39, 0.29) is 17.7 Å². The highest BCUT2D eigenvalue weighted by Gasteiger charge is 2.54. The molecule has 4 amide bonds. The lowest BCUT2D eigenvalue weighted by Gasteiger charge is -2.40. The minimum Gasteiger partial charge on any atom is -0.444 e. The number of amides is 4. The van der Waals surface area contributed by atoms with Crippen molar-refractivity contribution in [3.8, 4) is 0 Å². The van der Waals surface area contributed by atoms with Gasteiger partial charge in [-0.3, -0.25) is 19.3 Å². The highest BCUT2D eigenvalue weighted by Crippen LogP contribution is 2.45. The number of fused-ring (bicyclic) bond motifs is 1. The predicted molar refractivity (Wildman–Crippen MR) is 150 cm³/mol. The molecule has 0 aromatic heterocycles. The van der Waals surface area contributed by atoms with Gasteiger partial charge in [0.1, 0.15) is 23.2 Å². The monoisotopic (exact) mass is 542 g/mol. The summed E-state index contributed by atoms with van der Waals surface area (Å²) in [6.45, 7) is 12.6. The molecule has 0 spiro atoms. The van der Waals surface area contributed by atoms with E-state index in [0.29, 0.717) is 13.0 Å². The lowest BCUT2D eigenvalue weighted by atomic mass is 9.75. The van der Waals surface area contributed by atoms with Crippen molar-refractivity contribution < 1.29 is 23.9 Å². The number of carbonyl (C=O) groups is 4. The van der Waals surface area contributed by atoms with Gasteiger partial charge < -0.3 is 20.7 Å². The molecule has 216 valence electrons. The minimum absolute atomic E-state index is 0.229. The first-order valence-corrected chi connectivity index (χ1v) is 14.1. The van der Waals surface area contributed by atoms with Gasteiger partial charge in [-0.2, -0.15) is 0 Å². The van der Waals surface area contributed by atoms with Crippen molar-refractivity contribution in [3.05, 3.63) is 34.9 Å². The molecule has 1 fully saturated rings. The van der Waals surface area contributed by atoms with Crippen molar-refractivity contribution in [3.63, 3.8) is 0 Å². The van der Waals surface area contributed by atoms with Gasteiger partial charge in [-0.1, -0.05) is 32.0 Å². The highest BCUT2D eigenvalue weighted by molar-refractivity contribution is 5.96. The van der Waals surface area contributed by atoms with Crippen LogP contribution in [-0.4, -0.2) is 70.4 Å². The molecule has 3 N–H and O–H groups in total. The second-order valence-corrected chi connectivity index (χ2v) is 12.5. The van der Waals surface area contributed by atoms with Crippen LogP contribution in [0.5, 0.6) is 0 Å². The molecular weight excluding hydrogens is 496 g/mol. The molecule has 0 bridgehead atoms. The third-order valence-electron chi connectivity index (χ3n) is 8.33. The van der Waals surface area contributed by atoms with Crippen molar-refractivity contribution >= 4 is 23.8 Å². The van der Waals surface area contributed by atoms with Crippen LogP contribution in [0.4, 0.5) is 4.79 Å². The van der Waals surface area contributed by atoms with Crippen LogP contribution in [-0.2, 0) is 32.0 Å². The van der Waals surface area contributed by atoms with Crippen molar-refractivity contribution in [2.45, 2.75) is 110 Å². The third kappa shape index (κ3) is 6.23. The fourth-order valence-corrected chi connectivity index (χ4v) is 5.82. The average Bonchev–Trinajstić information content (AvgIpc) is 3.22.